The Labute approximate surface area is 149 Å². The Morgan fingerprint density at radius 1 is 1.16 bits per heavy atom. The van der Waals surface area contributed by atoms with Gasteiger partial charge in [0.1, 0.15) is 0 Å². The van der Waals surface area contributed by atoms with Gasteiger partial charge in [-0.05, 0) is 49.1 Å². The molecule has 0 spiro atoms. The highest BCUT2D eigenvalue weighted by Gasteiger charge is 2.15. The summed E-state index contributed by atoms with van der Waals surface area (Å²) in [6.07, 6.45) is 1.32. The Hall–Kier alpha value is -2.53. The number of nitrogens with one attached hydrogen (secondary N) is 2. The lowest BCUT2D eigenvalue weighted by molar-refractivity contribution is 0.244. The molecular weight excluding hydrogens is 314 g/mol. The van der Waals surface area contributed by atoms with Gasteiger partial charge in [0, 0.05) is 32.1 Å². The van der Waals surface area contributed by atoms with E-state index in [9.17, 15) is 4.79 Å². The van der Waals surface area contributed by atoms with Crippen LogP contribution in [0.15, 0.2) is 48.5 Å². The van der Waals surface area contributed by atoms with E-state index in [1.807, 2.05) is 74.4 Å². The average Bonchev–Trinajstić information content (AvgIpc) is 2.61. The molecule has 0 unspecified atom stereocenters. The van der Waals surface area contributed by atoms with Gasteiger partial charge in [-0.1, -0.05) is 30.3 Å². The van der Waals surface area contributed by atoms with Gasteiger partial charge < -0.3 is 20.6 Å². The Balaban J connectivity index is 2.06. The minimum Gasteiger partial charge on any atom is -0.396 e. The second-order valence-corrected chi connectivity index (χ2v) is 6.32. The first-order valence-electron chi connectivity index (χ1n) is 8.52. The lowest BCUT2D eigenvalue weighted by Gasteiger charge is -2.20. The van der Waals surface area contributed by atoms with E-state index in [-0.39, 0.29) is 18.7 Å². The van der Waals surface area contributed by atoms with Crippen LogP contribution in [-0.2, 0) is 0 Å². The molecule has 134 valence electrons. The molecule has 5 nitrogen and oxygen atoms in total. The van der Waals surface area contributed by atoms with Crippen molar-refractivity contribution < 1.29 is 9.90 Å². The van der Waals surface area contributed by atoms with E-state index >= 15 is 0 Å². The first kappa shape index (κ1) is 18.8. The number of carbonyl (C=O) groups is 1. The predicted molar refractivity (Wildman–Crippen MR) is 103 cm³/mol. The second kappa shape index (κ2) is 9.08. The largest absolute Gasteiger partial charge is 0.396 e. The molecule has 0 aromatic heterocycles. The number of urea groups is 1. The fourth-order valence-electron chi connectivity index (χ4n) is 2.69. The lowest BCUT2D eigenvalue weighted by Crippen LogP contribution is -2.33. The average molecular weight is 341 g/mol. The SMILES string of the molecule is Cc1cc(N(C)C)ccc1NC(=O)N[C@H](CCCO)c1ccccc1. The maximum absolute atomic E-state index is 12.4. The van der Waals surface area contributed by atoms with Crippen LogP contribution in [0, 0.1) is 6.92 Å². The molecule has 2 amide bonds. The van der Waals surface area contributed by atoms with E-state index in [0.717, 1.165) is 22.5 Å². The molecule has 1 atom stereocenters. The summed E-state index contributed by atoms with van der Waals surface area (Å²) in [4.78, 5) is 14.5. The fraction of sp³-hybridized carbons (Fsp3) is 0.350. The summed E-state index contributed by atoms with van der Waals surface area (Å²) in [6.45, 7) is 2.08. The molecule has 2 aromatic rings. The van der Waals surface area contributed by atoms with Crippen molar-refractivity contribution in [1.82, 2.24) is 5.32 Å². The van der Waals surface area contributed by atoms with Gasteiger partial charge in [-0.3, -0.25) is 0 Å². The van der Waals surface area contributed by atoms with Crippen LogP contribution in [0.1, 0.15) is 30.0 Å². The molecule has 0 saturated heterocycles. The monoisotopic (exact) mass is 341 g/mol. The number of aliphatic hydroxyl groups is 1. The molecule has 25 heavy (non-hydrogen) atoms. The number of hydrogen-bond acceptors (Lipinski definition) is 3. The van der Waals surface area contributed by atoms with Crippen LogP contribution < -0.4 is 15.5 Å². The molecule has 3 N–H and O–H groups in total. The van der Waals surface area contributed by atoms with Gasteiger partial charge in [-0.15, -0.1) is 0 Å². The summed E-state index contributed by atoms with van der Waals surface area (Å²) in [5.74, 6) is 0. The molecule has 0 saturated carbocycles. The third-order valence-corrected chi connectivity index (χ3v) is 4.13. The van der Waals surface area contributed by atoms with Crippen LogP contribution in [-0.4, -0.2) is 31.8 Å². The van der Waals surface area contributed by atoms with Gasteiger partial charge in [0.05, 0.1) is 6.04 Å². The standard InChI is InChI=1S/C20H27N3O2/c1-15-14-17(23(2)3)11-12-18(15)21-20(25)22-19(10-7-13-24)16-8-5-4-6-9-16/h4-6,8-9,11-12,14,19,24H,7,10,13H2,1-3H3,(H2,21,22,25)/t19-/m1/s1. The van der Waals surface area contributed by atoms with E-state index in [1.165, 1.54) is 0 Å². The number of hydrogen-bond donors (Lipinski definition) is 3. The van der Waals surface area contributed by atoms with Crippen molar-refractivity contribution in [2.75, 3.05) is 30.9 Å². The van der Waals surface area contributed by atoms with Gasteiger partial charge >= 0.3 is 6.03 Å². The van der Waals surface area contributed by atoms with Crippen molar-refractivity contribution in [2.45, 2.75) is 25.8 Å². The molecule has 0 fully saturated rings. The highest BCUT2D eigenvalue weighted by molar-refractivity contribution is 5.90. The number of anilines is 2. The van der Waals surface area contributed by atoms with Gasteiger partial charge in [-0.2, -0.15) is 0 Å². The van der Waals surface area contributed by atoms with Crippen LogP contribution in [0.2, 0.25) is 0 Å². The summed E-state index contributed by atoms with van der Waals surface area (Å²) in [7, 11) is 3.97. The van der Waals surface area contributed by atoms with Gasteiger partial charge in [0.2, 0.25) is 0 Å². The predicted octanol–water partition coefficient (Wildman–Crippen LogP) is 3.70. The summed E-state index contributed by atoms with van der Waals surface area (Å²) < 4.78 is 0. The summed E-state index contributed by atoms with van der Waals surface area (Å²) in [6, 6.07) is 15.4. The Kier molecular flexibility index (Phi) is 6.83. The van der Waals surface area contributed by atoms with Crippen molar-refractivity contribution in [3.8, 4) is 0 Å². The van der Waals surface area contributed by atoms with Crippen LogP contribution in [0.3, 0.4) is 0 Å². The third-order valence-electron chi connectivity index (χ3n) is 4.13. The molecular formula is C20H27N3O2. The van der Waals surface area contributed by atoms with Crippen molar-refractivity contribution in [1.29, 1.82) is 0 Å². The number of benzene rings is 2. The zero-order valence-corrected chi connectivity index (χ0v) is 15.1. The zero-order chi connectivity index (χ0) is 18.2. The van der Waals surface area contributed by atoms with Gasteiger partial charge in [-0.25, -0.2) is 4.79 Å². The molecule has 0 bridgehead atoms. The van der Waals surface area contributed by atoms with Gasteiger partial charge in [0.15, 0.2) is 0 Å². The van der Waals surface area contributed by atoms with Gasteiger partial charge in [0.25, 0.3) is 0 Å². The molecule has 0 aliphatic heterocycles. The molecule has 5 heteroatoms. The second-order valence-electron chi connectivity index (χ2n) is 6.32. The summed E-state index contributed by atoms with van der Waals surface area (Å²) in [5, 5.41) is 15.0. The maximum atomic E-state index is 12.4. The molecule has 0 aliphatic rings. The fourth-order valence-corrected chi connectivity index (χ4v) is 2.69. The van der Waals surface area contributed by atoms with Crippen molar-refractivity contribution >= 4 is 17.4 Å². The lowest BCUT2D eigenvalue weighted by atomic mass is 10.0. The topological polar surface area (TPSA) is 64.6 Å². The van der Waals surface area contributed by atoms with Crippen LogP contribution in [0.4, 0.5) is 16.2 Å². The number of carbonyl (C=O) groups excluding carboxylic acids is 1. The number of rotatable bonds is 7. The minimum absolute atomic E-state index is 0.109. The summed E-state index contributed by atoms with van der Waals surface area (Å²) in [5.41, 5.74) is 3.92. The van der Waals surface area contributed by atoms with E-state index in [0.29, 0.717) is 12.8 Å². The van der Waals surface area contributed by atoms with Crippen molar-refractivity contribution in [2.24, 2.45) is 0 Å². The van der Waals surface area contributed by atoms with Crippen LogP contribution in [0.25, 0.3) is 0 Å². The first-order valence-corrected chi connectivity index (χ1v) is 8.52. The van der Waals surface area contributed by atoms with E-state index in [1.54, 1.807) is 0 Å². The molecule has 2 aromatic carbocycles. The Morgan fingerprint density at radius 2 is 1.88 bits per heavy atom. The van der Waals surface area contributed by atoms with E-state index < -0.39 is 0 Å². The van der Waals surface area contributed by atoms with E-state index in [4.69, 9.17) is 5.11 Å². The Morgan fingerprint density at radius 3 is 2.48 bits per heavy atom. The first-order chi connectivity index (χ1) is 12.0. The van der Waals surface area contributed by atoms with Crippen LogP contribution in [0.5, 0.6) is 0 Å². The number of amides is 2. The molecule has 0 aliphatic carbocycles. The molecule has 2 rings (SSSR count). The number of aryl methyl sites for hydroxylation is 1. The smallest absolute Gasteiger partial charge is 0.319 e. The summed E-state index contributed by atoms with van der Waals surface area (Å²) >= 11 is 0. The highest BCUT2D eigenvalue weighted by atomic mass is 16.3. The quantitative estimate of drug-likeness (QED) is 0.719. The van der Waals surface area contributed by atoms with Crippen molar-refractivity contribution in [3.63, 3.8) is 0 Å². The Bertz CT molecular complexity index is 687. The van der Waals surface area contributed by atoms with Crippen LogP contribution >= 0.6 is 0 Å². The highest BCUT2D eigenvalue weighted by Crippen LogP contribution is 2.22. The normalized spacial score (nSPS) is 11.7. The third kappa shape index (κ3) is 5.50. The molecule has 0 radical (unpaired) electrons. The zero-order valence-electron chi connectivity index (χ0n) is 15.1. The number of nitrogens with zero attached hydrogens (tertiary/aromatic N) is 1. The molecule has 0 heterocycles. The number of aliphatic hydroxyl groups excluding tert-OH is 1. The van der Waals surface area contributed by atoms with E-state index in [2.05, 4.69) is 10.6 Å². The minimum atomic E-state index is -0.243. The maximum Gasteiger partial charge on any atom is 0.319 e. The van der Waals surface area contributed by atoms with Crippen molar-refractivity contribution in [3.05, 3.63) is 59.7 Å².